The Hall–Kier alpha value is -0.981. The van der Waals surface area contributed by atoms with E-state index in [0.29, 0.717) is 11.1 Å². The molecule has 0 aliphatic rings. The Balaban J connectivity index is 0.000000181. The molecular formula is C32H32Br2F4S3Sn. The van der Waals surface area contributed by atoms with Crippen molar-refractivity contribution in [3.63, 3.8) is 0 Å². The second-order valence-electron chi connectivity index (χ2n) is 9.44. The average molecular weight is 867 g/mol. The molecule has 0 unspecified atom stereocenters. The normalized spacial score (nSPS) is 10.7. The molecule has 0 radical (unpaired) electrons. The third-order valence-electron chi connectivity index (χ3n) is 6.35. The van der Waals surface area contributed by atoms with Crippen LogP contribution in [0.15, 0.2) is 85.7 Å². The summed E-state index contributed by atoms with van der Waals surface area (Å²) in [6, 6.07) is 16.5. The monoisotopic (exact) mass is 866 g/mol. The van der Waals surface area contributed by atoms with Crippen LogP contribution in [-0.2, 0) is 0 Å². The van der Waals surface area contributed by atoms with Gasteiger partial charge in [-0.15, -0.1) is 22.7 Å². The first kappa shape index (κ1) is 35.5. The predicted octanol–water partition coefficient (Wildman–Crippen LogP) is 12.7. The van der Waals surface area contributed by atoms with Crippen LogP contribution in [0.5, 0.6) is 0 Å². The molecule has 3 heterocycles. The smallest absolute Gasteiger partial charge is 0.138 e. The molecule has 0 aliphatic heterocycles. The largest absolute Gasteiger partial charge is 0.206 e. The summed E-state index contributed by atoms with van der Waals surface area (Å²) in [5, 5.41) is 5.96. The molecule has 0 nitrogen and oxygen atoms in total. The first-order valence-electron chi connectivity index (χ1n) is 13.6. The van der Waals surface area contributed by atoms with Crippen molar-refractivity contribution in [1.29, 1.82) is 0 Å². The van der Waals surface area contributed by atoms with E-state index >= 15 is 0 Å². The van der Waals surface area contributed by atoms with Gasteiger partial charge in [-0.1, -0.05) is 12.1 Å². The second-order valence-corrected chi connectivity index (χ2v) is 24.3. The summed E-state index contributed by atoms with van der Waals surface area (Å²) in [6.07, 6.45) is 5.71. The molecule has 0 fully saturated rings. The molecule has 5 aromatic rings. The Kier molecular flexibility index (Phi) is 15.8. The van der Waals surface area contributed by atoms with Gasteiger partial charge < -0.3 is 0 Å². The van der Waals surface area contributed by atoms with E-state index in [4.69, 9.17) is 0 Å². The van der Waals surface area contributed by atoms with Gasteiger partial charge in [-0.3, -0.25) is 0 Å². The van der Waals surface area contributed by atoms with Crippen molar-refractivity contribution in [3.8, 4) is 20.9 Å². The van der Waals surface area contributed by atoms with Crippen molar-refractivity contribution in [2.45, 2.75) is 48.4 Å². The number of benzene rings is 2. The maximum absolute atomic E-state index is 14.0. The van der Waals surface area contributed by atoms with Gasteiger partial charge >= 0.3 is 99.9 Å². The number of hydrogen-bond acceptors (Lipinski definition) is 3. The fraction of sp³-hybridized carbons (Fsp3) is 0.250. The number of thiophene rings is 3. The van der Waals surface area contributed by atoms with Crippen molar-refractivity contribution in [2.75, 3.05) is 0 Å². The maximum Gasteiger partial charge on any atom is 0.138 e. The standard InChI is InChI=1S/C14H8F2S2.C6H2Br2F2.C4H3S.2C4H9.Sn.H/c15-11-8-10(14-4-2-6-18-14)12(16)7-9(11)13-3-1-5-17-13;7-3-1-5(9)4(8)2-6(3)10;1-2-4-5-3-1;2*1-3-4-2;;/h1-8H;1-2H;1-3H;2*1,3-4H2,2H3;;. The second kappa shape index (κ2) is 18.7. The Morgan fingerprint density at radius 2 is 1.02 bits per heavy atom. The van der Waals surface area contributed by atoms with Crippen LogP contribution >= 0.6 is 65.9 Å². The van der Waals surface area contributed by atoms with Gasteiger partial charge in [0.05, 0.1) is 8.95 Å². The molecule has 42 heavy (non-hydrogen) atoms. The average Bonchev–Trinajstić information content (AvgIpc) is 3.78. The van der Waals surface area contributed by atoms with Crippen LogP contribution in [0.1, 0.15) is 39.5 Å². The summed E-state index contributed by atoms with van der Waals surface area (Å²) >= 11 is 9.23. The Bertz CT molecular complexity index is 1360. The van der Waals surface area contributed by atoms with Crippen molar-refractivity contribution < 1.29 is 17.6 Å². The van der Waals surface area contributed by atoms with Gasteiger partial charge in [0.1, 0.15) is 23.3 Å². The topological polar surface area (TPSA) is 0 Å². The molecule has 3 aromatic heterocycles. The van der Waals surface area contributed by atoms with E-state index in [1.807, 2.05) is 37.1 Å². The molecular weight excluding hydrogens is 835 g/mol. The molecule has 224 valence electrons. The Morgan fingerprint density at radius 1 is 0.595 bits per heavy atom. The van der Waals surface area contributed by atoms with Gasteiger partial charge in [0.25, 0.3) is 0 Å². The van der Waals surface area contributed by atoms with Crippen LogP contribution in [0, 0.1) is 23.3 Å². The van der Waals surface area contributed by atoms with Gasteiger partial charge in [-0.25, -0.2) is 17.6 Å². The Labute approximate surface area is 281 Å². The van der Waals surface area contributed by atoms with Gasteiger partial charge in [0.2, 0.25) is 0 Å². The fourth-order valence-electron chi connectivity index (χ4n) is 4.14. The minimum absolute atomic E-state index is 0.133. The molecule has 0 saturated carbocycles. The summed E-state index contributed by atoms with van der Waals surface area (Å²) in [5.74, 6) is -1.73. The van der Waals surface area contributed by atoms with Crippen LogP contribution in [0.25, 0.3) is 20.9 Å². The Morgan fingerprint density at radius 3 is 1.38 bits per heavy atom. The zero-order valence-corrected chi connectivity index (χ0v) is 32.2. The molecule has 0 saturated heterocycles. The molecule has 0 spiro atoms. The van der Waals surface area contributed by atoms with E-state index in [2.05, 4.69) is 63.2 Å². The number of rotatable bonds is 9. The summed E-state index contributed by atoms with van der Waals surface area (Å²) in [7, 11) is 0. The summed E-state index contributed by atoms with van der Waals surface area (Å²) in [6.45, 7) is 4.63. The predicted molar refractivity (Wildman–Crippen MR) is 185 cm³/mol. The van der Waals surface area contributed by atoms with Gasteiger partial charge in [0.15, 0.2) is 0 Å². The summed E-state index contributed by atoms with van der Waals surface area (Å²) < 4.78 is 58.4. The first-order valence-corrected chi connectivity index (χ1v) is 24.2. The molecule has 10 heteroatoms. The van der Waals surface area contributed by atoms with Gasteiger partial charge in [-0.2, -0.15) is 0 Å². The van der Waals surface area contributed by atoms with E-state index in [1.165, 1.54) is 60.5 Å². The SMILES string of the molecule is CCC[CH2][SnH]([CH2]CCC)[c]1cccs1.Fc1cc(-c2cccs2)c(F)cc1-c1cccs1.Fc1cc(Br)c(F)cc1Br. The van der Waals surface area contributed by atoms with Crippen molar-refractivity contribution in [1.82, 2.24) is 0 Å². The van der Waals surface area contributed by atoms with Crippen LogP contribution in [0.2, 0.25) is 8.87 Å². The molecule has 5 rings (SSSR count). The molecule has 0 aliphatic carbocycles. The van der Waals surface area contributed by atoms with Crippen molar-refractivity contribution in [3.05, 3.63) is 109 Å². The fourth-order valence-corrected chi connectivity index (χ4v) is 19.5. The zero-order valence-electron chi connectivity index (χ0n) is 23.3. The van der Waals surface area contributed by atoms with Gasteiger partial charge in [0, 0.05) is 20.9 Å². The molecule has 0 bridgehead atoms. The van der Waals surface area contributed by atoms with Crippen LogP contribution in [-0.4, -0.2) is 19.8 Å². The van der Waals surface area contributed by atoms with Crippen LogP contribution in [0.3, 0.4) is 0 Å². The molecule has 0 N–H and O–H groups in total. The van der Waals surface area contributed by atoms with Crippen LogP contribution < -0.4 is 2.89 Å². The quantitative estimate of drug-likeness (QED) is 0.0787. The minimum Gasteiger partial charge on any atom is -0.206 e. The summed E-state index contributed by atoms with van der Waals surface area (Å²) in [5.41, 5.74) is 0.644. The van der Waals surface area contributed by atoms with Crippen molar-refractivity contribution >= 4 is 88.5 Å². The van der Waals surface area contributed by atoms with E-state index in [0.717, 1.165) is 21.9 Å². The number of unbranched alkanes of at least 4 members (excludes halogenated alkanes) is 2. The van der Waals surface area contributed by atoms with Crippen LogP contribution in [0.4, 0.5) is 17.6 Å². The van der Waals surface area contributed by atoms with Gasteiger partial charge in [-0.05, 0) is 79.0 Å². The van der Waals surface area contributed by atoms with E-state index < -0.39 is 31.4 Å². The maximum atomic E-state index is 14.0. The molecule has 0 atom stereocenters. The first-order chi connectivity index (χ1) is 20.2. The summed E-state index contributed by atoms with van der Waals surface area (Å²) in [4.78, 5) is 1.48. The third kappa shape index (κ3) is 10.9. The third-order valence-corrected chi connectivity index (χ3v) is 22.6. The zero-order chi connectivity index (χ0) is 30.5. The molecule has 2 aromatic carbocycles. The van der Waals surface area contributed by atoms with E-state index in [9.17, 15) is 17.6 Å². The minimum atomic E-state index is -1.28. The van der Waals surface area contributed by atoms with E-state index in [-0.39, 0.29) is 20.6 Å². The number of halogens is 6. The van der Waals surface area contributed by atoms with Crippen molar-refractivity contribution in [2.24, 2.45) is 0 Å². The molecule has 0 amide bonds. The number of hydrogen-bond donors (Lipinski definition) is 0. The van der Waals surface area contributed by atoms with E-state index in [1.54, 1.807) is 21.0 Å².